The summed E-state index contributed by atoms with van der Waals surface area (Å²) in [6.45, 7) is 0. The molecule has 5 nitrogen and oxygen atoms in total. The van der Waals surface area contributed by atoms with Gasteiger partial charge in [-0.3, -0.25) is 9.36 Å². The highest BCUT2D eigenvalue weighted by Gasteiger charge is 2.21. The zero-order chi connectivity index (χ0) is 26.8. The van der Waals surface area contributed by atoms with Crippen LogP contribution in [0.2, 0.25) is 0 Å². The van der Waals surface area contributed by atoms with Gasteiger partial charge in [0, 0.05) is 29.3 Å². The molecule has 0 aliphatic heterocycles. The fourth-order valence-electron chi connectivity index (χ4n) is 3.88. The topological polar surface area (TPSA) is 61.2 Å². The number of esters is 1. The summed E-state index contributed by atoms with van der Waals surface area (Å²) in [6, 6.07) is 19.6. The van der Waals surface area contributed by atoms with Crippen molar-refractivity contribution < 1.29 is 31.9 Å². The van der Waals surface area contributed by atoms with Gasteiger partial charge in [0.25, 0.3) is 5.91 Å². The van der Waals surface area contributed by atoms with Crippen LogP contribution in [0.4, 0.5) is 17.6 Å². The van der Waals surface area contributed by atoms with Gasteiger partial charge in [-0.05, 0) is 36.4 Å². The number of imidazole rings is 1. The lowest BCUT2D eigenvalue weighted by Gasteiger charge is -2.11. The van der Waals surface area contributed by atoms with E-state index in [9.17, 15) is 27.2 Å². The third kappa shape index (κ3) is 5.08. The van der Waals surface area contributed by atoms with Gasteiger partial charge in [0.1, 0.15) is 34.9 Å². The maximum atomic E-state index is 13.9. The lowest BCUT2D eigenvalue weighted by Crippen LogP contribution is -2.15. The van der Waals surface area contributed by atoms with Crippen LogP contribution in [0.5, 0.6) is 0 Å². The number of nitrogens with zero attached hydrogens (tertiary/aromatic N) is 2. The van der Waals surface area contributed by atoms with Gasteiger partial charge in [0.15, 0.2) is 0 Å². The highest BCUT2D eigenvalue weighted by atomic mass is 19.1. The Hall–Kier alpha value is -5.05. The van der Waals surface area contributed by atoms with Crippen LogP contribution in [-0.4, -0.2) is 21.4 Å². The summed E-state index contributed by atoms with van der Waals surface area (Å²) in [4.78, 5) is 30.7. The number of ether oxygens (including phenoxy) is 1. The SMILES string of the molecule is O=C(OC(=Cc1nc2ccccc2n1C(=O)c1cc(F)cc(F)c1)c1ccccc1)c1cc(F)cc(F)c1. The van der Waals surface area contributed by atoms with Crippen LogP contribution >= 0.6 is 0 Å². The molecular formula is C29H16F4N2O3. The van der Waals surface area contributed by atoms with Crippen molar-refractivity contribution in [2.24, 2.45) is 0 Å². The molecule has 38 heavy (non-hydrogen) atoms. The van der Waals surface area contributed by atoms with Crippen molar-refractivity contribution in [2.45, 2.75) is 0 Å². The maximum absolute atomic E-state index is 13.9. The fourth-order valence-corrected chi connectivity index (χ4v) is 3.88. The summed E-state index contributed by atoms with van der Waals surface area (Å²) in [5, 5.41) is 0. The molecule has 0 spiro atoms. The van der Waals surface area contributed by atoms with E-state index >= 15 is 0 Å². The van der Waals surface area contributed by atoms with Crippen LogP contribution < -0.4 is 0 Å². The average molecular weight is 516 g/mol. The monoisotopic (exact) mass is 516 g/mol. The minimum Gasteiger partial charge on any atom is -0.422 e. The zero-order valence-corrected chi connectivity index (χ0v) is 19.4. The van der Waals surface area contributed by atoms with Gasteiger partial charge in [-0.25, -0.2) is 27.3 Å². The largest absolute Gasteiger partial charge is 0.422 e. The van der Waals surface area contributed by atoms with Crippen molar-refractivity contribution in [3.8, 4) is 0 Å². The molecule has 0 aliphatic rings. The molecule has 1 heterocycles. The van der Waals surface area contributed by atoms with Gasteiger partial charge >= 0.3 is 5.97 Å². The second-order valence-corrected chi connectivity index (χ2v) is 8.18. The molecule has 0 unspecified atom stereocenters. The Kier molecular flexibility index (Phi) is 6.57. The van der Waals surface area contributed by atoms with Crippen molar-refractivity contribution in [1.29, 1.82) is 0 Å². The van der Waals surface area contributed by atoms with E-state index in [4.69, 9.17) is 4.74 Å². The first kappa shape index (κ1) is 24.6. The molecule has 0 fully saturated rings. The second kappa shape index (κ2) is 10.1. The van der Waals surface area contributed by atoms with Gasteiger partial charge in [-0.2, -0.15) is 0 Å². The first-order valence-electron chi connectivity index (χ1n) is 11.2. The van der Waals surface area contributed by atoms with E-state index in [1.54, 1.807) is 54.6 Å². The number of aromatic nitrogens is 2. The second-order valence-electron chi connectivity index (χ2n) is 8.18. The Morgan fingerprint density at radius 3 is 1.87 bits per heavy atom. The molecule has 0 N–H and O–H groups in total. The molecule has 0 saturated heterocycles. The Bertz CT molecular complexity index is 1690. The molecule has 0 radical (unpaired) electrons. The lowest BCUT2D eigenvalue weighted by molar-refractivity contribution is 0.0692. The molecular weight excluding hydrogens is 500 g/mol. The van der Waals surface area contributed by atoms with E-state index in [1.807, 2.05) is 0 Å². The first-order valence-corrected chi connectivity index (χ1v) is 11.2. The molecule has 188 valence electrons. The number of carbonyl (C=O) groups is 2. The van der Waals surface area contributed by atoms with Gasteiger partial charge in [-0.15, -0.1) is 0 Å². The summed E-state index contributed by atoms with van der Waals surface area (Å²) in [7, 11) is 0. The number of hydrogen-bond donors (Lipinski definition) is 0. The highest BCUT2D eigenvalue weighted by molar-refractivity contribution is 6.03. The van der Waals surface area contributed by atoms with Gasteiger partial charge in [-0.1, -0.05) is 42.5 Å². The van der Waals surface area contributed by atoms with Crippen LogP contribution in [0.15, 0.2) is 91.0 Å². The molecule has 0 bridgehead atoms. The third-order valence-corrected chi connectivity index (χ3v) is 5.52. The van der Waals surface area contributed by atoms with Crippen molar-refractivity contribution in [1.82, 2.24) is 9.55 Å². The molecule has 0 saturated carbocycles. The van der Waals surface area contributed by atoms with Crippen LogP contribution in [0.1, 0.15) is 32.1 Å². The number of para-hydroxylation sites is 2. The fraction of sp³-hybridized carbons (Fsp3) is 0. The lowest BCUT2D eigenvalue weighted by atomic mass is 10.1. The predicted octanol–water partition coefficient (Wildman–Crippen LogP) is 6.64. The Morgan fingerprint density at radius 2 is 1.24 bits per heavy atom. The molecule has 0 amide bonds. The quantitative estimate of drug-likeness (QED) is 0.149. The summed E-state index contributed by atoms with van der Waals surface area (Å²) < 4.78 is 61.9. The average Bonchev–Trinajstić information content (AvgIpc) is 3.25. The van der Waals surface area contributed by atoms with E-state index in [0.29, 0.717) is 28.7 Å². The Labute approximate surface area is 213 Å². The Morgan fingerprint density at radius 1 is 0.684 bits per heavy atom. The predicted molar refractivity (Wildman–Crippen MR) is 132 cm³/mol. The smallest absolute Gasteiger partial charge is 0.343 e. The van der Waals surface area contributed by atoms with Crippen molar-refractivity contribution >= 4 is 34.7 Å². The van der Waals surface area contributed by atoms with Gasteiger partial charge < -0.3 is 4.74 Å². The molecule has 9 heteroatoms. The van der Waals surface area contributed by atoms with Crippen LogP contribution in [0, 0.1) is 23.3 Å². The van der Waals surface area contributed by atoms with Crippen molar-refractivity contribution in [3.05, 3.63) is 137 Å². The number of fused-ring (bicyclic) bond motifs is 1. The molecule has 1 aromatic heterocycles. The number of halogens is 4. The molecule has 4 aromatic carbocycles. The number of rotatable bonds is 5. The van der Waals surface area contributed by atoms with Crippen molar-refractivity contribution in [2.75, 3.05) is 0 Å². The van der Waals surface area contributed by atoms with E-state index < -0.39 is 35.1 Å². The first-order chi connectivity index (χ1) is 18.3. The van der Waals surface area contributed by atoms with Crippen molar-refractivity contribution in [3.63, 3.8) is 0 Å². The summed E-state index contributed by atoms with van der Waals surface area (Å²) in [5.41, 5.74) is 0.466. The third-order valence-electron chi connectivity index (χ3n) is 5.52. The number of hydrogen-bond acceptors (Lipinski definition) is 4. The zero-order valence-electron chi connectivity index (χ0n) is 19.4. The molecule has 5 rings (SSSR count). The molecule has 0 aliphatic carbocycles. The van der Waals surface area contributed by atoms with Crippen LogP contribution in [0.25, 0.3) is 22.9 Å². The summed E-state index contributed by atoms with van der Waals surface area (Å²) in [6.07, 6.45) is 1.29. The van der Waals surface area contributed by atoms with E-state index in [0.717, 1.165) is 28.8 Å². The Balaban J connectivity index is 1.66. The van der Waals surface area contributed by atoms with Crippen LogP contribution in [-0.2, 0) is 4.74 Å². The van der Waals surface area contributed by atoms with Crippen LogP contribution in [0.3, 0.4) is 0 Å². The van der Waals surface area contributed by atoms with Gasteiger partial charge in [0.2, 0.25) is 0 Å². The van der Waals surface area contributed by atoms with E-state index in [1.165, 1.54) is 6.08 Å². The minimum absolute atomic E-state index is 0.0158. The van der Waals surface area contributed by atoms with E-state index in [2.05, 4.69) is 4.98 Å². The minimum atomic E-state index is -1.06. The summed E-state index contributed by atoms with van der Waals surface area (Å²) in [5.74, 6) is -5.73. The number of carbonyl (C=O) groups excluding carboxylic acids is 2. The normalized spacial score (nSPS) is 11.5. The van der Waals surface area contributed by atoms with Gasteiger partial charge in [0.05, 0.1) is 16.6 Å². The maximum Gasteiger partial charge on any atom is 0.343 e. The summed E-state index contributed by atoms with van der Waals surface area (Å²) >= 11 is 0. The standard InChI is InChI=1S/C29H16F4N2O3/c30-20-10-18(11-21(31)14-20)28(36)35-25-9-5-4-8-24(25)34-27(35)16-26(17-6-2-1-3-7-17)38-29(37)19-12-22(32)15-23(33)13-19/h1-16H. The number of benzene rings is 4. The molecule has 5 aromatic rings. The highest BCUT2D eigenvalue weighted by Crippen LogP contribution is 2.25. The molecule has 0 atom stereocenters. The van der Waals surface area contributed by atoms with E-state index in [-0.39, 0.29) is 22.7 Å².